The number of rotatable bonds is 3. The maximum Gasteiger partial charge on any atom is 0.390 e. The highest BCUT2D eigenvalue weighted by molar-refractivity contribution is 6.18. The molecule has 1 fully saturated rings. The molecule has 1 atom stereocenters. The molecule has 1 aliphatic heterocycles. The van der Waals surface area contributed by atoms with E-state index in [0.29, 0.717) is 11.8 Å². The van der Waals surface area contributed by atoms with E-state index in [1.165, 1.54) is 0 Å². The molecule has 0 bridgehead atoms. The summed E-state index contributed by atoms with van der Waals surface area (Å²) in [4.78, 5) is 1.83. The Kier molecular flexibility index (Phi) is 3.86. The second-order valence-electron chi connectivity index (χ2n) is 3.47. The van der Waals surface area contributed by atoms with Gasteiger partial charge in [-0.25, -0.2) is 0 Å². The molecule has 1 unspecified atom stereocenters. The molecule has 0 saturated carbocycles. The monoisotopic (exact) mass is 215 g/mol. The minimum atomic E-state index is -4.03. The fraction of sp³-hybridized carbons (Fsp3) is 1.00. The summed E-state index contributed by atoms with van der Waals surface area (Å²) >= 11 is 5.61. The molecule has 1 rings (SSSR count). The van der Waals surface area contributed by atoms with Gasteiger partial charge in [-0.3, -0.25) is 0 Å². The number of alkyl halides is 4. The summed E-state index contributed by atoms with van der Waals surface area (Å²) in [6.07, 6.45) is -3.80. The van der Waals surface area contributed by atoms with Crippen LogP contribution in [0.2, 0.25) is 0 Å². The second-order valence-corrected chi connectivity index (χ2v) is 3.78. The molecule has 0 aromatic heterocycles. The molecule has 1 saturated heterocycles. The minimum absolute atomic E-state index is 0.122. The first-order chi connectivity index (χ1) is 6.01. The smallest absolute Gasteiger partial charge is 0.303 e. The Labute approximate surface area is 80.8 Å². The van der Waals surface area contributed by atoms with E-state index < -0.39 is 12.6 Å². The fourth-order valence-corrected chi connectivity index (χ4v) is 1.78. The van der Waals surface area contributed by atoms with E-state index in [0.717, 1.165) is 19.5 Å². The highest BCUT2D eigenvalue weighted by Crippen LogP contribution is 2.23. The fourth-order valence-electron chi connectivity index (χ4n) is 1.53. The van der Waals surface area contributed by atoms with Crippen LogP contribution in [0.5, 0.6) is 0 Å². The Hall–Kier alpha value is 0.0400. The van der Waals surface area contributed by atoms with Crippen LogP contribution in [0, 0.1) is 5.92 Å². The molecule has 0 aromatic carbocycles. The molecule has 0 aromatic rings. The second kappa shape index (κ2) is 4.51. The molecule has 13 heavy (non-hydrogen) atoms. The Morgan fingerprint density at radius 1 is 1.38 bits per heavy atom. The van der Waals surface area contributed by atoms with Crippen molar-refractivity contribution >= 4 is 11.6 Å². The van der Waals surface area contributed by atoms with Gasteiger partial charge in [0.05, 0.1) is 6.42 Å². The Balaban J connectivity index is 2.17. The van der Waals surface area contributed by atoms with Crippen molar-refractivity contribution in [1.29, 1.82) is 0 Å². The van der Waals surface area contributed by atoms with Gasteiger partial charge in [0.1, 0.15) is 0 Å². The third-order valence-corrected chi connectivity index (χ3v) is 2.74. The Morgan fingerprint density at radius 2 is 2.08 bits per heavy atom. The molecular weight excluding hydrogens is 203 g/mol. The predicted octanol–water partition coefficient (Wildman–Crippen LogP) is 2.50. The van der Waals surface area contributed by atoms with Gasteiger partial charge in [0, 0.05) is 19.0 Å². The van der Waals surface area contributed by atoms with E-state index in [1.54, 1.807) is 0 Å². The third kappa shape index (κ3) is 4.18. The molecule has 78 valence electrons. The van der Waals surface area contributed by atoms with Crippen molar-refractivity contribution in [3.05, 3.63) is 0 Å². The first kappa shape index (κ1) is 11.1. The van der Waals surface area contributed by atoms with Crippen LogP contribution in [0.1, 0.15) is 12.8 Å². The van der Waals surface area contributed by atoms with Gasteiger partial charge < -0.3 is 4.90 Å². The number of halogens is 4. The molecule has 0 amide bonds. The molecule has 0 radical (unpaired) electrons. The number of nitrogens with zero attached hydrogens (tertiary/aromatic N) is 1. The van der Waals surface area contributed by atoms with Crippen molar-refractivity contribution in [3.63, 3.8) is 0 Å². The summed E-state index contributed by atoms with van der Waals surface area (Å²) in [5, 5.41) is 0. The van der Waals surface area contributed by atoms with Crippen molar-refractivity contribution in [2.24, 2.45) is 5.92 Å². The first-order valence-corrected chi connectivity index (χ1v) is 4.90. The van der Waals surface area contributed by atoms with Gasteiger partial charge in [0.15, 0.2) is 0 Å². The van der Waals surface area contributed by atoms with Gasteiger partial charge in [-0.15, -0.1) is 11.6 Å². The number of hydrogen-bond acceptors (Lipinski definition) is 1. The summed E-state index contributed by atoms with van der Waals surface area (Å²) in [6, 6.07) is 0. The van der Waals surface area contributed by atoms with Crippen LogP contribution in [0.4, 0.5) is 13.2 Å². The molecule has 1 heterocycles. The quantitative estimate of drug-likeness (QED) is 0.654. The molecule has 5 heteroatoms. The van der Waals surface area contributed by atoms with E-state index in [9.17, 15) is 13.2 Å². The van der Waals surface area contributed by atoms with E-state index in [2.05, 4.69) is 0 Å². The topological polar surface area (TPSA) is 3.24 Å². The third-order valence-electron chi connectivity index (χ3n) is 2.30. The standard InChI is InChI=1S/C8H13ClF3N/c9-5-7-1-3-13(6-7)4-2-8(10,11)12/h7H,1-6H2. The van der Waals surface area contributed by atoms with Crippen LogP contribution in [0.25, 0.3) is 0 Å². The van der Waals surface area contributed by atoms with E-state index in [-0.39, 0.29) is 6.54 Å². The number of likely N-dealkylation sites (tertiary alicyclic amines) is 1. The summed E-state index contributed by atoms with van der Waals surface area (Å²) in [6.45, 7) is 1.60. The lowest BCUT2D eigenvalue weighted by Gasteiger charge is -2.16. The lowest BCUT2D eigenvalue weighted by molar-refractivity contribution is -0.137. The molecule has 1 aliphatic rings. The summed E-state index contributed by atoms with van der Waals surface area (Å²) < 4.78 is 35.5. The predicted molar refractivity (Wildman–Crippen MR) is 45.9 cm³/mol. The minimum Gasteiger partial charge on any atom is -0.303 e. The zero-order chi connectivity index (χ0) is 9.90. The van der Waals surface area contributed by atoms with Crippen molar-refractivity contribution < 1.29 is 13.2 Å². The van der Waals surface area contributed by atoms with E-state index in [4.69, 9.17) is 11.6 Å². The first-order valence-electron chi connectivity index (χ1n) is 4.36. The van der Waals surface area contributed by atoms with Crippen molar-refractivity contribution in [2.75, 3.05) is 25.5 Å². The van der Waals surface area contributed by atoms with Crippen LogP contribution in [-0.4, -0.2) is 36.6 Å². The Bertz CT molecular complexity index is 160. The lowest BCUT2D eigenvalue weighted by atomic mass is 10.2. The van der Waals surface area contributed by atoms with Crippen LogP contribution in [-0.2, 0) is 0 Å². The van der Waals surface area contributed by atoms with Crippen molar-refractivity contribution in [2.45, 2.75) is 19.0 Å². The zero-order valence-corrected chi connectivity index (χ0v) is 8.03. The largest absolute Gasteiger partial charge is 0.390 e. The molecular formula is C8H13ClF3N. The van der Waals surface area contributed by atoms with Gasteiger partial charge in [-0.05, 0) is 18.9 Å². The maximum absolute atomic E-state index is 11.8. The summed E-state index contributed by atoms with van der Waals surface area (Å²) in [7, 11) is 0. The molecule has 0 spiro atoms. The molecule has 0 aliphatic carbocycles. The van der Waals surface area contributed by atoms with E-state index >= 15 is 0 Å². The molecule has 1 nitrogen and oxygen atoms in total. The summed E-state index contributed by atoms with van der Waals surface area (Å²) in [5.41, 5.74) is 0. The molecule has 0 N–H and O–H groups in total. The van der Waals surface area contributed by atoms with Crippen molar-refractivity contribution in [1.82, 2.24) is 4.90 Å². The van der Waals surface area contributed by atoms with Gasteiger partial charge in [-0.1, -0.05) is 0 Å². The maximum atomic E-state index is 11.8. The normalized spacial score (nSPS) is 25.4. The van der Waals surface area contributed by atoms with Crippen LogP contribution < -0.4 is 0 Å². The van der Waals surface area contributed by atoms with E-state index in [1.807, 2.05) is 4.90 Å². The van der Waals surface area contributed by atoms with Gasteiger partial charge in [0.2, 0.25) is 0 Å². The Morgan fingerprint density at radius 3 is 2.54 bits per heavy atom. The highest BCUT2D eigenvalue weighted by Gasteiger charge is 2.29. The summed E-state index contributed by atoms with van der Waals surface area (Å²) in [5.74, 6) is 0.942. The lowest BCUT2D eigenvalue weighted by Crippen LogP contribution is -2.26. The van der Waals surface area contributed by atoms with Gasteiger partial charge in [0.25, 0.3) is 0 Å². The average molecular weight is 216 g/mol. The SMILES string of the molecule is FC(F)(F)CCN1CCC(CCl)C1. The van der Waals surface area contributed by atoms with Crippen LogP contribution >= 0.6 is 11.6 Å². The number of hydrogen-bond donors (Lipinski definition) is 0. The van der Waals surface area contributed by atoms with Gasteiger partial charge >= 0.3 is 6.18 Å². The highest BCUT2D eigenvalue weighted by atomic mass is 35.5. The zero-order valence-electron chi connectivity index (χ0n) is 7.28. The average Bonchev–Trinajstić information content (AvgIpc) is 2.47. The van der Waals surface area contributed by atoms with Gasteiger partial charge in [-0.2, -0.15) is 13.2 Å². The van der Waals surface area contributed by atoms with Crippen molar-refractivity contribution in [3.8, 4) is 0 Å². The van der Waals surface area contributed by atoms with Crippen LogP contribution in [0.3, 0.4) is 0 Å². The van der Waals surface area contributed by atoms with Crippen LogP contribution in [0.15, 0.2) is 0 Å².